The molecule has 4 fully saturated rings. The second-order valence-electron chi connectivity index (χ2n) is 11.8. The van der Waals surface area contributed by atoms with Crippen molar-refractivity contribution in [3.63, 3.8) is 0 Å². The number of amides is 1. The van der Waals surface area contributed by atoms with Gasteiger partial charge in [-0.3, -0.25) is 4.79 Å². The molecule has 1 saturated heterocycles. The van der Waals surface area contributed by atoms with Crippen LogP contribution < -0.4 is 0 Å². The summed E-state index contributed by atoms with van der Waals surface area (Å²) in [5.74, 6) is 0.380. The van der Waals surface area contributed by atoms with Crippen LogP contribution in [-0.4, -0.2) is 69.2 Å². The van der Waals surface area contributed by atoms with Gasteiger partial charge in [0.25, 0.3) is 5.91 Å². The number of hydrogen-bond donors (Lipinski definition) is 3. The molecule has 1 aliphatic heterocycles. The Kier molecular flexibility index (Phi) is 6.04. The molecule has 1 heterocycles. The van der Waals surface area contributed by atoms with Crippen LogP contribution >= 0.6 is 0 Å². The summed E-state index contributed by atoms with van der Waals surface area (Å²) in [5.41, 5.74) is 2.52. The van der Waals surface area contributed by atoms with Gasteiger partial charge in [-0.2, -0.15) is 0 Å². The Morgan fingerprint density at radius 3 is 2.68 bits per heavy atom. The normalized spacial score (nSPS) is 44.8. The van der Waals surface area contributed by atoms with Gasteiger partial charge in [0.05, 0.1) is 17.9 Å². The molecule has 5 rings (SSSR count). The van der Waals surface area contributed by atoms with Crippen LogP contribution in [0, 0.1) is 28.6 Å². The van der Waals surface area contributed by atoms with Gasteiger partial charge in [0, 0.05) is 13.0 Å². The molecule has 0 unspecified atom stereocenters. The molecule has 188 valence electrons. The minimum absolute atomic E-state index is 0.0117. The Hall–Kier alpha value is -1.93. The quantitative estimate of drug-likeness (QED) is 0.539. The Morgan fingerprint density at radius 1 is 1.12 bits per heavy atom. The number of allylic oxidation sites excluding steroid dienone is 2. The summed E-state index contributed by atoms with van der Waals surface area (Å²) < 4.78 is 0. The minimum Gasteiger partial charge on any atom is -0.480 e. The number of carbonyl (C=O) groups is 2. The number of likely N-dealkylation sites (tertiary alicyclic amines) is 1. The molecule has 34 heavy (non-hydrogen) atoms. The standard InChI is InChI=1S/C26H38N2O6/c1-25-9-7-16(27-34-14-23(31)28-13-17(29)12-21(28)24(32)33)11-15(25)3-4-18-19-5-6-22(30)26(19,2)10-8-20(18)25/h11,17-22,29-30H,3-10,12-14H2,1-2H3,(H,32,33)/t17-,18-,19+,20-,21-,22+,25+,26+/m1/s1. The molecule has 8 atom stereocenters. The molecule has 0 aromatic carbocycles. The van der Waals surface area contributed by atoms with E-state index >= 15 is 0 Å². The second kappa shape index (κ2) is 8.63. The zero-order chi connectivity index (χ0) is 24.3. The average molecular weight is 475 g/mol. The van der Waals surface area contributed by atoms with Gasteiger partial charge < -0.3 is 25.1 Å². The Bertz CT molecular complexity index is 917. The van der Waals surface area contributed by atoms with Crippen LogP contribution in [0.1, 0.15) is 71.6 Å². The number of nitrogens with zero attached hydrogens (tertiary/aromatic N) is 2. The van der Waals surface area contributed by atoms with Crippen molar-refractivity contribution in [3.05, 3.63) is 11.6 Å². The number of fused-ring (bicyclic) bond motifs is 5. The van der Waals surface area contributed by atoms with Crippen molar-refractivity contribution in [1.82, 2.24) is 4.90 Å². The number of oxime groups is 1. The third kappa shape index (κ3) is 3.77. The van der Waals surface area contributed by atoms with Gasteiger partial charge >= 0.3 is 5.97 Å². The lowest BCUT2D eigenvalue weighted by Gasteiger charge is -2.57. The summed E-state index contributed by atoms with van der Waals surface area (Å²) in [5, 5.41) is 33.9. The first-order chi connectivity index (χ1) is 16.1. The maximum Gasteiger partial charge on any atom is 0.326 e. The highest BCUT2D eigenvalue weighted by Gasteiger charge is 2.58. The molecule has 0 aromatic heterocycles. The maximum atomic E-state index is 12.4. The van der Waals surface area contributed by atoms with Gasteiger partial charge in [-0.25, -0.2) is 4.79 Å². The van der Waals surface area contributed by atoms with Gasteiger partial charge in [0.15, 0.2) is 6.61 Å². The largest absolute Gasteiger partial charge is 0.480 e. The zero-order valence-corrected chi connectivity index (χ0v) is 20.3. The topological polar surface area (TPSA) is 120 Å². The average Bonchev–Trinajstić information content (AvgIpc) is 3.33. The van der Waals surface area contributed by atoms with Crippen LogP contribution in [0.25, 0.3) is 0 Å². The summed E-state index contributed by atoms with van der Waals surface area (Å²) in [4.78, 5) is 30.3. The fourth-order valence-electron chi connectivity index (χ4n) is 8.19. The number of aliphatic hydroxyl groups is 2. The third-order valence-corrected chi connectivity index (χ3v) is 10.2. The Morgan fingerprint density at radius 2 is 1.91 bits per heavy atom. The van der Waals surface area contributed by atoms with Gasteiger partial charge in [-0.1, -0.05) is 24.6 Å². The van der Waals surface area contributed by atoms with Crippen LogP contribution in [0.15, 0.2) is 16.8 Å². The molecule has 5 aliphatic rings. The summed E-state index contributed by atoms with van der Waals surface area (Å²) in [7, 11) is 0. The maximum absolute atomic E-state index is 12.4. The van der Waals surface area contributed by atoms with Gasteiger partial charge in [0.2, 0.25) is 0 Å². The lowest BCUT2D eigenvalue weighted by Crippen LogP contribution is -2.51. The van der Waals surface area contributed by atoms with Crippen molar-refractivity contribution < 1.29 is 29.7 Å². The first kappa shape index (κ1) is 23.8. The van der Waals surface area contributed by atoms with Crippen molar-refractivity contribution in [2.75, 3.05) is 13.2 Å². The number of aliphatic carboxylic acids is 1. The number of carbonyl (C=O) groups excluding carboxylic acids is 1. The summed E-state index contributed by atoms with van der Waals surface area (Å²) in [6, 6.07) is -1.01. The summed E-state index contributed by atoms with van der Waals surface area (Å²) >= 11 is 0. The predicted octanol–water partition coefficient (Wildman–Crippen LogP) is 2.73. The van der Waals surface area contributed by atoms with Crippen LogP contribution in [0.4, 0.5) is 0 Å². The smallest absolute Gasteiger partial charge is 0.326 e. The van der Waals surface area contributed by atoms with Crippen molar-refractivity contribution in [1.29, 1.82) is 0 Å². The highest BCUT2D eigenvalue weighted by atomic mass is 16.6. The number of rotatable bonds is 4. The monoisotopic (exact) mass is 474 g/mol. The molecule has 0 bridgehead atoms. The molecule has 1 amide bonds. The van der Waals surface area contributed by atoms with E-state index in [0.717, 1.165) is 44.2 Å². The number of β-amino-alcohol motifs (C(OH)–C–C–N with tert-alkyl or cyclic N) is 1. The van der Waals surface area contributed by atoms with Crippen molar-refractivity contribution in [2.24, 2.45) is 33.7 Å². The van der Waals surface area contributed by atoms with Crippen LogP contribution in [0.5, 0.6) is 0 Å². The Balaban J connectivity index is 1.24. The second-order valence-corrected chi connectivity index (χ2v) is 11.8. The summed E-state index contributed by atoms with van der Waals surface area (Å²) in [6.07, 6.45) is 9.64. The summed E-state index contributed by atoms with van der Waals surface area (Å²) in [6.45, 7) is 4.41. The minimum atomic E-state index is -1.11. The predicted molar refractivity (Wildman–Crippen MR) is 125 cm³/mol. The molecular weight excluding hydrogens is 436 g/mol. The molecule has 8 heteroatoms. The molecule has 0 aromatic rings. The third-order valence-electron chi connectivity index (χ3n) is 10.2. The molecule has 0 spiro atoms. The van der Waals surface area contributed by atoms with E-state index in [2.05, 4.69) is 25.1 Å². The zero-order valence-electron chi connectivity index (χ0n) is 20.3. The van der Waals surface area contributed by atoms with E-state index in [9.17, 15) is 24.9 Å². The van der Waals surface area contributed by atoms with E-state index in [1.807, 2.05) is 0 Å². The van der Waals surface area contributed by atoms with Crippen molar-refractivity contribution >= 4 is 17.6 Å². The first-order valence-corrected chi connectivity index (χ1v) is 12.9. The molecular formula is C26H38N2O6. The van der Waals surface area contributed by atoms with E-state index in [1.165, 1.54) is 23.3 Å². The molecule has 3 N–H and O–H groups in total. The highest BCUT2D eigenvalue weighted by Crippen LogP contribution is 2.65. The van der Waals surface area contributed by atoms with Crippen LogP contribution in [0.3, 0.4) is 0 Å². The van der Waals surface area contributed by atoms with Crippen LogP contribution in [0.2, 0.25) is 0 Å². The van der Waals surface area contributed by atoms with Crippen molar-refractivity contribution in [2.45, 2.75) is 89.9 Å². The number of carboxylic acid groups (broad SMARTS) is 1. The van der Waals surface area contributed by atoms with Crippen molar-refractivity contribution in [3.8, 4) is 0 Å². The fraction of sp³-hybridized carbons (Fsp3) is 0.808. The lowest BCUT2D eigenvalue weighted by atomic mass is 9.47. The number of hydrogen-bond acceptors (Lipinski definition) is 6. The SMILES string of the molecule is C[C@]12CC[C@@H]3[C@H](CCC4=CC(=NOCC(=O)N5C[C@H](O)C[C@@H]5C(=O)O)CC[C@@]43C)[C@@H]1CC[C@@H]2O. The fourth-order valence-corrected chi connectivity index (χ4v) is 8.19. The Labute approximate surface area is 201 Å². The van der Waals surface area contributed by atoms with E-state index in [0.29, 0.717) is 17.8 Å². The van der Waals surface area contributed by atoms with E-state index in [1.54, 1.807) is 0 Å². The van der Waals surface area contributed by atoms with E-state index in [-0.39, 0.29) is 36.5 Å². The van der Waals surface area contributed by atoms with Gasteiger partial charge in [-0.05, 0) is 86.0 Å². The molecule has 4 aliphatic carbocycles. The number of aliphatic hydroxyl groups excluding tert-OH is 2. The van der Waals surface area contributed by atoms with Gasteiger partial charge in [-0.15, -0.1) is 0 Å². The molecule has 3 saturated carbocycles. The molecule has 0 radical (unpaired) electrons. The molecule has 8 nitrogen and oxygen atoms in total. The lowest BCUT2D eigenvalue weighted by molar-refractivity contribution is -0.150. The highest BCUT2D eigenvalue weighted by molar-refractivity contribution is 5.96. The van der Waals surface area contributed by atoms with E-state index in [4.69, 9.17) is 4.84 Å². The first-order valence-electron chi connectivity index (χ1n) is 12.9. The van der Waals surface area contributed by atoms with Crippen LogP contribution in [-0.2, 0) is 14.4 Å². The van der Waals surface area contributed by atoms with Gasteiger partial charge in [0.1, 0.15) is 6.04 Å². The number of carboxylic acids is 1. The van der Waals surface area contributed by atoms with E-state index < -0.39 is 24.0 Å².